The summed E-state index contributed by atoms with van der Waals surface area (Å²) in [6.45, 7) is 7.20. The van der Waals surface area contributed by atoms with Crippen LogP contribution in [0.2, 0.25) is 5.02 Å². The molecule has 1 saturated heterocycles. The lowest BCUT2D eigenvalue weighted by Crippen LogP contribution is -2.35. The standard InChI is InChI=1S/C16H20ClN3O2/c1-16(2,11-18)15(21)19-13-4-3-12(14(17)9-13)10-20-5-7-22-8-6-20/h3-4,9H,5-8,10H2,1-2H3,(H,19,21). The van der Waals surface area contributed by atoms with Crippen molar-refractivity contribution in [3.8, 4) is 6.07 Å². The van der Waals surface area contributed by atoms with Gasteiger partial charge in [0.1, 0.15) is 5.41 Å². The summed E-state index contributed by atoms with van der Waals surface area (Å²) in [5, 5.41) is 12.3. The van der Waals surface area contributed by atoms with E-state index < -0.39 is 5.41 Å². The maximum atomic E-state index is 12.0. The fourth-order valence-corrected chi connectivity index (χ4v) is 2.33. The van der Waals surface area contributed by atoms with E-state index in [1.807, 2.05) is 18.2 Å². The van der Waals surface area contributed by atoms with Crippen LogP contribution < -0.4 is 5.32 Å². The van der Waals surface area contributed by atoms with Crippen LogP contribution >= 0.6 is 11.6 Å². The summed E-state index contributed by atoms with van der Waals surface area (Å²) in [5.74, 6) is -0.341. The first-order valence-corrected chi connectivity index (χ1v) is 7.61. The Balaban J connectivity index is 2.03. The third-order valence-corrected chi connectivity index (χ3v) is 4.01. The van der Waals surface area contributed by atoms with Crippen LogP contribution in [-0.4, -0.2) is 37.1 Å². The monoisotopic (exact) mass is 321 g/mol. The van der Waals surface area contributed by atoms with E-state index in [0.717, 1.165) is 38.4 Å². The highest BCUT2D eigenvalue weighted by Crippen LogP contribution is 2.24. The molecular weight excluding hydrogens is 302 g/mol. The van der Waals surface area contributed by atoms with Gasteiger partial charge in [0.2, 0.25) is 5.91 Å². The molecule has 1 aliphatic heterocycles. The first-order chi connectivity index (χ1) is 10.4. The minimum atomic E-state index is -1.07. The Labute approximate surface area is 135 Å². The molecule has 2 rings (SSSR count). The zero-order chi connectivity index (χ0) is 16.2. The van der Waals surface area contributed by atoms with Crippen LogP contribution in [-0.2, 0) is 16.1 Å². The Kier molecular flexibility index (Phi) is 5.41. The number of nitrogens with one attached hydrogen (secondary N) is 1. The molecule has 0 unspecified atom stereocenters. The molecule has 0 saturated carbocycles. The van der Waals surface area contributed by atoms with Crippen LogP contribution in [0.15, 0.2) is 18.2 Å². The van der Waals surface area contributed by atoms with E-state index in [-0.39, 0.29) is 5.91 Å². The molecule has 1 aromatic carbocycles. The van der Waals surface area contributed by atoms with E-state index in [1.165, 1.54) is 0 Å². The average molecular weight is 322 g/mol. The van der Waals surface area contributed by atoms with Crippen molar-refractivity contribution < 1.29 is 9.53 Å². The fraction of sp³-hybridized carbons (Fsp3) is 0.500. The molecule has 0 bridgehead atoms. The minimum Gasteiger partial charge on any atom is -0.379 e. The third-order valence-electron chi connectivity index (χ3n) is 3.66. The zero-order valence-corrected chi connectivity index (χ0v) is 13.6. The van der Waals surface area contributed by atoms with E-state index in [4.69, 9.17) is 21.6 Å². The molecule has 0 aromatic heterocycles. The molecular formula is C16H20ClN3O2. The predicted molar refractivity (Wildman–Crippen MR) is 85.6 cm³/mol. The summed E-state index contributed by atoms with van der Waals surface area (Å²) in [4.78, 5) is 14.3. The number of anilines is 1. The number of rotatable bonds is 4. The van der Waals surface area contributed by atoms with Gasteiger partial charge in [0, 0.05) is 30.3 Å². The molecule has 1 amide bonds. The van der Waals surface area contributed by atoms with E-state index >= 15 is 0 Å². The quantitative estimate of drug-likeness (QED) is 0.926. The van der Waals surface area contributed by atoms with Gasteiger partial charge in [0.25, 0.3) is 0 Å². The lowest BCUT2D eigenvalue weighted by molar-refractivity contribution is -0.121. The Morgan fingerprint density at radius 2 is 2.14 bits per heavy atom. The molecule has 1 aliphatic rings. The molecule has 0 aliphatic carbocycles. The maximum Gasteiger partial charge on any atom is 0.244 e. The number of nitriles is 1. The van der Waals surface area contributed by atoms with Crippen molar-refractivity contribution in [3.63, 3.8) is 0 Å². The van der Waals surface area contributed by atoms with Crippen molar-refractivity contribution in [2.45, 2.75) is 20.4 Å². The largest absolute Gasteiger partial charge is 0.379 e. The van der Waals surface area contributed by atoms with E-state index in [9.17, 15) is 4.79 Å². The van der Waals surface area contributed by atoms with Gasteiger partial charge in [-0.2, -0.15) is 5.26 Å². The van der Waals surface area contributed by atoms with Gasteiger partial charge in [0.05, 0.1) is 19.3 Å². The SMILES string of the molecule is CC(C)(C#N)C(=O)Nc1ccc(CN2CCOCC2)c(Cl)c1. The van der Waals surface area contributed by atoms with Crippen molar-refractivity contribution in [3.05, 3.63) is 28.8 Å². The van der Waals surface area contributed by atoms with Crippen molar-refractivity contribution in [2.75, 3.05) is 31.6 Å². The summed E-state index contributed by atoms with van der Waals surface area (Å²) < 4.78 is 5.32. The molecule has 1 fully saturated rings. The third kappa shape index (κ3) is 4.20. The molecule has 118 valence electrons. The second-order valence-corrected chi connectivity index (χ2v) is 6.29. The topological polar surface area (TPSA) is 65.4 Å². The maximum absolute atomic E-state index is 12.0. The Morgan fingerprint density at radius 3 is 2.73 bits per heavy atom. The molecule has 0 spiro atoms. The van der Waals surface area contributed by atoms with Crippen LogP contribution in [0.1, 0.15) is 19.4 Å². The molecule has 1 heterocycles. The first-order valence-electron chi connectivity index (χ1n) is 7.23. The molecule has 1 aromatic rings. The van der Waals surface area contributed by atoms with Gasteiger partial charge in [-0.3, -0.25) is 9.69 Å². The van der Waals surface area contributed by atoms with Gasteiger partial charge in [-0.15, -0.1) is 0 Å². The average Bonchev–Trinajstić information content (AvgIpc) is 2.51. The Morgan fingerprint density at radius 1 is 1.45 bits per heavy atom. The Hall–Kier alpha value is -1.61. The Bertz CT molecular complexity index is 590. The highest BCUT2D eigenvalue weighted by molar-refractivity contribution is 6.31. The summed E-state index contributed by atoms with van der Waals surface area (Å²) in [6, 6.07) is 7.42. The molecule has 0 atom stereocenters. The van der Waals surface area contributed by atoms with Gasteiger partial charge in [0.15, 0.2) is 0 Å². The summed E-state index contributed by atoms with van der Waals surface area (Å²) in [6.07, 6.45) is 0. The normalized spacial score (nSPS) is 16.1. The second-order valence-electron chi connectivity index (χ2n) is 5.89. The first kappa shape index (κ1) is 16.8. The second kappa shape index (κ2) is 7.10. The molecule has 5 nitrogen and oxygen atoms in total. The fourth-order valence-electron chi connectivity index (χ4n) is 2.09. The van der Waals surface area contributed by atoms with Gasteiger partial charge in [-0.25, -0.2) is 0 Å². The summed E-state index contributed by atoms with van der Waals surface area (Å²) in [5.41, 5.74) is 0.545. The number of amides is 1. The van der Waals surface area contributed by atoms with E-state index in [2.05, 4.69) is 10.2 Å². The zero-order valence-electron chi connectivity index (χ0n) is 12.9. The lowest BCUT2D eigenvalue weighted by Gasteiger charge is -2.27. The molecule has 6 heteroatoms. The van der Waals surface area contributed by atoms with Gasteiger partial charge in [-0.1, -0.05) is 17.7 Å². The van der Waals surface area contributed by atoms with Crippen LogP contribution in [0, 0.1) is 16.7 Å². The van der Waals surface area contributed by atoms with Crippen molar-refractivity contribution >= 4 is 23.2 Å². The highest BCUT2D eigenvalue weighted by Gasteiger charge is 2.27. The van der Waals surface area contributed by atoms with Crippen molar-refractivity contribution in [2.24, 2.45) is 5.41 Å². The van der Waals surface area contributed by atoms with Gasteiger partial charge in [-0.05, 0) is 31.5 Å². The van der Waals surface area contributed by atoms with Crippen LogP contribution in [0.5, 0.6) is 0 Å². The van der Waals surface area contributed by atoms with Crippen LogP contribution in [0.4, 0.5) is 5.69 Å². The highest BCUT2D eigenvalue weighted by atomic mass is 35.5. The van der Waals surface area contributed by atoms with Crippen LogP contribution in [0.3, 0.4) is 0 Å². The number of nitrogens with zero attached hydrogens (tertiary/aromatic N) is 2. The molecule has 22 heavy (non-hydrogen) atoms. The predicted octanol–water partition coefficient (Wildman–Crippen LogP) is 2.66. The number of carbonyl (C=O) groups is 1. The smallest absolute Gasteiger partial charge is 0.244 e. The van der Waals surface area contributed by atoms with Crippen LogP contribution in [0.25, 0.3) is 0 Å². The number of hydrogen-bond donors (Lipinski definition) is 1. The lowest BCUT2D eigenvalue weighted by atomic mass is 9.94. The van der Waals surface area contributed by atoms with Gasteiger partial charge >= 0.3 is 0 Å². The number of morpholine rings is 1. The van der Waals surface area contributed by atoms with Crippen molar-refractivity contribution in [1.82, 2.24) is 4.90 Å². The summed E-state index contributed by atoms with van der Waals surface area (Å²) >= 11 is 6.31. The van der Waals surface area contributed by atoms with E-state index in [0.29, 0.717) is 10.7 Å². The number of carbonyl (C=O) groups excluding carboxylic acids is 1. The number of halogens is 1. The van der Waals surface area contributed by atoms with Gasteiger partial charge < -0.3 is 10.1 Å². The molecule has 1 N–H and O–H groups in total. The van der Waals surface area contributed by atoms with Crippen molar-refractivity contribution in [1.29, 1.82) is 5.26 Å². The number of benzene rings is 1. The summed E-state index contributed by atoms with van der Waals surface area (Å²) in [7, 11) is 0. The number of ether oxygens (including phenoxy) is 1. The minimum absolute atomic E-state index is 0.341. The number of hydrogen-bond acceptors (Lipinski definition) is 4. The molecule has 0 radical (unpaired) electrons. The van der Waals surface area contributed by atoms with E-state index in [1.54, 1.807) is 19.9 Å².